The smallest absolute Gasteiger partial charge is 0.224 e. The second-order valence-corrected chi connectivity index (χ2v) is 5.14. The number of nitrogen functional groups attached to an aromatic ring is 1. The maximum absolute atomic E-state index is 11.8. The van der Waals surface area contributed by atoms with E-state index in [2.05, 4.69) is 17.1 Å². The molecule has 1 aromatic rings. The Balaban J connectivity index is 1.69. The summed E-state index contributed by atoms with van der Waals surface area (Å²) in [6.07, 6.45) is 4.13. The van der Waals surface area contributed by atoms with Crippen molar-refractivity contribution in [2.75, 3.05) is 24.1 Å². The van der Waals surface area contributed by atoms with Gasteiger partial charge in [-0.25, -0.2) is 0 Å². The highest BCUT2D eigenvalue weighted by Gasteiger charge is 2.27. The number of nitrogens with one attached hydrogen (secondary N) is 1. The summed E-state index contributed by atoms with van der Waals surface area (Å²) in [6, 6.07) is 8.07. The van der Waals surface area contributed by atoms with Crippen molar-refractivity contribution < 1.29 is 4.79 Å². The van der Waals surface area contributed by atoms with Gasteiger partial charge >= 0.3 is 0 Å². The van der Waals surface area contributed by atoms with Crippen molar-refractivity contribution >= 4 is 17.3 Å². The molecule has 4 heteroatoms. The van der Waals surface area contributed by atoms with Crippen LogP contribution in [0.5, 0.6) is 0 Å². The first-order valence-corrected chi connectivity index (χ1v) is 7.08. The van der Waals surface area contributed by atoms with Gasteiger partial charge in [0.1, 0.15) is 0 Å². The van der Waals surface area contributed by atoms with Gasteiger partial charge in [0, 0.05) is 23.8 Å². The summed E-state index contributed by atoms with van der Waals surface area (Å²) in [5.74, 6) is 0.0671. The van der Waals surface area contributed by atoms with E-state index in [0.717, 1.165) is 31.2 Å². The van der Waals surface area contributed by atoms with Gasteiger partial charge in [-0.2, -0.15) is 0 Å². The van der Waals surface area contributed by atoms with E-state index >= 15 is 0 Å². The summed E-state index contributed by atoms with van der Waals surface area (Å²) in [7, 11) is 0. The van der Waals surface area contributed by atoms with Crippen molar-refractivity contribution in [1.82, 2.24) is 4.90 Å². The number of nitrogens with zero attached hydrogens (tertiary/aromatic N) is 1. The van der Waals surface area contributed by atoms with Gasteiger partial charge in [0.15, 0.2) is 0 Å². The zero-order valence-electron chi connectivity index (χ0n) is 11.6. The molecule has 1 saturated carbocycles. The molecule has 4 nitrogen and oxygen atoms in total. The van der Waals surface area contributed by atoms with Crippen LogP contribution in [0.4, 0.5) is 11.4 Å². The summed E-state index contributed by atoms with van der Waals surface area (Å²) >= 11 is 0. The predicted molar refractivity (Wildman–Crippen MR) is 79.0 cm³/mol. The molecule has 3 N–H and O–H groups in total. The normalized spacial score (nSPS) is 14.6. The molecule has 1 aliphatic carbocycles. The minimum Gasteiger partial charge on any atom is -0.399 e. The second-order valence-electron chi connectivity index (χ2n) is 5.14. The molecule has 0 spiro atoms. The molecule has 1 amide bonds. The van der Waals surface area contributed by atoms with Crippen molar-refractivity contribution in [3.63, 3.8) is 0 Å². The summed E-state index contributed by atoms with van der Waals surface area (Å²) in [4.78, 5) is 14.3. The third kappa shape index (κ3) is 4.56. The molecule has 104 valence electrons. The van der Waals surface area contributed by atoms with Gasteiger partial charge in [-0.15, -0.1) is 0 Å². The van der Waals surface area contributed by atoms with Crippen molar-refractivity contribution in [2.24, 2.45) is 0 Å². The molecule has 0 radical (unpaired) electrons. The zero-order valence-corrected chi connectivity index (χ0v) is 11.6. The predicted octanol–water partition coefficient (Wildman–Crippen LogP) is 2.47. The quantitative estimate of drug-likeness (QED) is 0.741. The van der Waals surface area contributed by atoms with Gasteiger partial charge in [0.2, 0.25) is 5.91 Å². The molecule has 0 atom stereocenters. The van der Waals surface area contributed by atoms with Gasteiger partial charge < -0.3 is 16.0 Å². The van der Waals surface area contributed by atoms with Gasteiger partial charge in [0.05, 0.1) is 0 Å². The lowest BCUT2D eigenvalue weighted by Gasteiger charge is -2.19. The van der Waals surface area contributed by atoms with Crippen LogP contribution in [0.2, 0.25) is 0 Å². The molecule has 0 heterocycles. The Morgan fingerprint density at radius 1 is 1.47 bits per heavy atom. The molecular weight excluding hydrogens is 238 g/mol. The Labute approximate surface area is 115 Å². The highest BCUT2D eigenvalue weighted by atomic mass is 16.1. The number of hydrogen-bond acceptors (Lipinski definition) is 3. The van der Waals surface area contributed by atoms with Crippen LogP contribution < -0.4 is 11.1 Å². The van der Waals surface area contributed by atoms with E-state index in [4.69, 9.17) is 5.73 Å². The SMILES string of the molecule is CCN(CCCC(=O)Nc1cccc(N)c1)C1CC1. The molecule has 1 aromatic carbocycles. The molecule has 0 unspecified atom stereocenters. The number of carbonyl (C=O) groups is 1. The monoisotopic (exact) mass is 261 g/mol. The van der Waals surface area contributed by atoms with Gasteiger partial charge in [0.25, 0.3) is 0 Å². The molecule has 19 heavy (non-hydrogen) atoms. The van der Waals surface area contributed by atoms with Crippen LogP contribution in [0.25, 0.3) is 0 Å². The van der Waals surface area contributed by atoms with Crippen LogP contribution in [0.3, 0.4) is 0 Å². The van der Waals surface area contributed by atoms with E-state index in [-0.39, 0.29) is 5.91 Å². The molecule has 2 rings (SSSR count). The maximum Gasteiger partial charge on any atom is 0.224 e. The molecule has 0 aromatic heterocycles. The van der Waals surface area contributed by atoms with E-state index in [1.54, 1.807) is 6.07 Å². The fourth-order valence-electron chi connectivity index (χ4n) is 2.32. The molecular formula is C15H23N3O. The average Bonchev–Trinajstić information content (AvgIpc) is 3.19. The lowest BCUT2D eigenvalue weighted by Crippen LogP contribution is -2.27. The number of anilines is 2. The minimum atomic E-state index is 0.0671. The van der Waals surface area contributed by atoms with Gasteiger partial charge in [-0.3, -0.25) is 4.79 Å². The maximum atomic E-state index is 11.8. The Hall–Kier alpha value is -1.55. The number of benzene rings is 1. The average molecular weight is 261 g/mol. The van der Waals surface area contributed by atoms with Crippen LogP contribution in [-0.2, 0) is 4.79 Å². The summed E-state index contributed by atoms with van der Waals surface area (Å²) in [6.45, 7) is 4.29. The van der Waals surface area contributed by atoms with Crippen molar-refractivity contribution in [1.29, 1.82) is 0 Å². The molecule has 0 bridgehead atoms. The van der Waals surface area contributed by atoms with E-state index in [9.17, 15) is 4.79 Å². The first-order valence-electron chi connectivity index (χ1n) is 7.08. The lowest BCUT2D eigenvalue weighted by molar-refractivity contribution is -0.116. The number of rotatable bonds is 7. The van der Waals surface area contributed by atoms with Crippen LogP contribution in [-0.4, -0.2) is 29.9 Å². The van der Waals surface area contributed by atoms with Crippen molar-refractivity contribution in [2.45, 2.75) is 38.6 Å². The Kier molecular flexibility index (Phi) is 4.80. The van der Waals surface area contributed by atoms with Crippen LogP contribution in [0.15, 0.2) is 24.3 Å². The highest BCUT2D eigenvalue weighted by molar-refractivity contribution is 5.91. The van der Waals surface area contributed by atoms with E-state index < -0.39 is 0 Å². The van der Waals surface area contributed by atoms with E-state index in [1.807, 2.05) is 18.2 Å². The largest absolute Gasteiger partial charge is 0.399 e. The fraction of sp³-hybridized carbons (Fsp3) is 0.533. The van der Waals surface area contributed by atoms with Gasteiger partial charge in [-0.05, 0) is 50.6 Å². The summed E-state index contributed by atoms with van der Waals surface area (Å²) < 4.78 is 0. The van der Waals surface area contributed by atoms with E-state index in [0.29, 0.717) is 12.1 Å². The third-order valence-corrected chi connectivity index (χ3v) is 3.49. The number of amides is 1. The Morgan fingerprint density at radius 2 is 2.26 bits per heavy atom. The summed E-state index contributed by atoms with van der Waals surface area (Å²) in [5.41, 5.74) is 7.12. The zero-order chi connectivity index (χ0) is 13.7. The summed E-state index contributed by atoms with van der Waals surface area (Å²) in [5, 5.41) is 2.88. The first-order chi connectivity index (χ1) is 9.19. The first kappa shape index (κ1) is 13.9. The number of hydrogen-bond donors (Lipinski definition) is 2. The topological polar surface area (TPSA) is 58.4 Å². The van der Waals surface area contributed by atoms with Crippen molar-refractivity contribution in [3.8, 4) is 0 Å². The standard InChI is InChI=1S/C15H23N3O/c1-2-18(14-8-9-14)10-4-7-15(19)17-13-6-3-5-12(16)11-13/h3,5-6,11,14H,2,4,7-10,16H2,1H3,(H,17,19). The lowest BCUT2D eigenvalue weighted by atomic mass is 10.2. The Bertz CT molecular complexity index is 429. The van der Waals surface area contributed by atoms with Crippen LogP contribution in [0.1, 0.15) is 32.6 Å². The molecule has 0 saturated heterocycles. The molecule has 0 aliphatic heterocycles. The Morgan fingerprint density at radius 3 is 2.89 bits per heavy atom. The molecule has 1 fully saturated rings. The fourth-order valence-corrected chi connectivity index (χ4v) is 2.32. The highest BCUT2D eigenvalue weighted by Crippen LogP contribution is 2.26. The third-order valence-electron chi connectivity index (χ3n) is 3.49. The van der Waals surface area contributed by atoms with Crippen molar-refractivity contribution in [3.05, 3.63) is 24.3 Å². The van der Waals surface area contributed by atoms with Gasteiger partial charge in [-0.1, -0.05) is 13.0 Å². The number of carbonyl (C=O) groups excluding carboxylic acids is 1. The van der Waals surface area contributed by atoms with E-state index in [1.165, 1.54) is 12.8 Å². The molecule has 1 aliphatic rings. The second kappa shape index (κ2) is 6.57. The van der Waals surface area contributed by atoms with Crippen LogP contribution in [0, 0.1) is 0 Å². The van der Waals surface area contributed by atoms with Crippen LogP contribution >= 0.6 is 0 Å². The number of nitrogens with two attached hydrogens (primary N) is 1. The minimum absolute atomic E-state index is 0.0671.